The number of hydrogen-bond donors (Lipinski definition) is 0. The molecule has 0 atom stereocenters. The van der Waals surface area contributed by atoms with E-state index in [0.717, 1.165) is 13.1 Å². The largest absolute Gasteiger partial charge is 0.301 e. The van der Waals surface area contributed by atoms with Crippen LogP contribution in [0.15, 0.2) is 16.6 Å². The maximum Gasteiger partial charge on any atom is 0.0491 e. The summed E-state index contributed by atoms with van der Waals surface area (Å²) < 4.78 is 0. The van der Waals surface area contributed by atoms with E-state index in [4.69, 9.17) is 0 Å². The zero-order valence-corrected chi connectivity index (χ0v) is 10.5. The highest BCUT2D eigenvalue weighted by molar-refractivity contribution is 5.97. The summed E-state index contributed by atoms with van der Waals surface area (Å²) in [5.74, 6) is 0. The molecule has 0 saturated heterocycles. The number of aliphatic imine (C=N–C) groups is 1. The smallest absolute Gasteiger partial charge is 0.0491 e. The Labute approximate surface area is 88.7 Å². The van der Waals surface area contributed by atoms with Gasteiger partial charge >= 0.3 is 0 Å². The minimum Gasteiger partial charge on any atom is -0.301 e. The van der Waals surface area contributed by atoms with Crippen LogP contribution in [0.1, 0.15) is 34.6 Å². The molecule has 0 aromatic carbocycles. The Balaban J connectivity index is 4.49. The van der Waals surface area contributed by atoms with Crippen molar-refractivity contribution < 1.29 is 0 Å². The molecule has 0 fully saturated rings. The average Bonchev–Trinajstić information content (AvgIpc) is 2.01. The van der Waals surface area contributed by atoms with Gasteiger partial charge in [0.1, 0.15) is 0 Å². The van der Waals surface area contributed by atoms with Crippen molar-refractivity contribution in [2.45, 2.75) is 40.7 Å². The maximum atomic E-state index is 4.60. The van der Waals surface area contributed by atoms with Gasteiger partial charge in [0.15, 0.2) is 0 Å². The van der Waals surface area contributed by atoms with E-state index < -0.39 is 0 Å². The predicted octanol–water partition coefficient (Wildman–Crippen LogP) is 2.75. The molecule has 0 saturated carbocycles. The van der Waals surface area contributed by atoms with Crippen molar-refractivity contribution in [3.05, 3.63) is 11.6 Å². The molecular weight excluding hydrogens is 172 g/mol. The highest BCUT2D eigenvalue weighted by atomic mass is 15.1. The van der Waals surface area contributed by atoms with Gasteiger partial charge in [0, 0.05) is 18.3 Å². The second-order valence-corrected chi connectivity index (χ2v) is 4.27. The van der Waals surface area contributed by atoms with Crippen LogP contribution in [0.4, 0.5) is 0 Å². The van der Waals surface area contributed by atoms with Crippen LogP contribution in [0.2, 0.25) is 0 Å². The standard InChI is InChI=1S/C12H24N2/c1-7-14(6)9-12(8-10(2)3)13-11(4)5/h8,11H,7,9H2,1-6H3/b13-12+. The van der Waals surface area contributed by atoms with Crippen LogP contribution in [0, 0.1) is 0 Å². The van der Waals surface area contributed by atoms with E-state index >= 15 is 0 Å². The summed E-state index contributed by atoms with van der Waals surface area (Å²) in [6.45, 7) is 12.6. The second-order valence-electron chi connectivity index (χ2n) is 4.27. The molecule has 2 nitrogen and oxygen atoms in total. The molecule has 14 heavy (non-hydrogen) atoms. The summed E-state index contributed by atoms with van der Waals surface area (Å²) in [4.78, 5) is 6.87. The van der Waals surface area contributed by atoms with Gasteiger partial charge in [-0.15, -0.1) is 0 Å². The van der Waals surface area contributed by atoms with Crippen molar-refractivity contribution in [1.82, 2.24) is 4.90 Å². The van der Waals surface area contributed by atoms with Gasteiger partial charge in [-0.1, -0.05) is 12.5 Å². The second kappa shape index (κ2) is 6.77. The van der Waals surface area contributed by atoms with Crippen LogP contribution in [-0.4, -0.2) is 36.8 Å². The van der Waals surface area contributed by atoms with E-state index in [1.54, 1.807) is 0 Å². The lowest BCUT2D eigenvalue weighted by atomic mass is 10.2. The summed E-state index contributed by atoms with van der Waals surface area (Å²) in [6.07, 6.45) is 2.17. The molecule has 0 aromatic rings. The van der Waals surface area contributed by atoms with Gasteiger partial charge in [-0.25, -0.2) is 0 Å². The third-order valence-electron chi connectivity index (χ3n) is 1.85. The molecule has 0 aromatic heterocycles. The van der Waals surface area contributed by atoms with E-state index in [9.17, 15) is 0 Å². The summed E-state index contributed by atoms with van der Waals surface area (Å²) in [5, 5.41) is 0. The van der Waals surface area contributed by atoms with Crippen molar-refractivity contribution in [2.24, 2.45) is 4.99 Å². The Hall–Kier alpha value is -0.630. The third kappa shape index (κ3) is 6.84. The summed E-state index contributed by atoms with van der Waals surface area (Å²) in [5.41, 5.74) is 2.50. The van der Waals surface area contributed by atoms with E-state index in [0.29, 0.717) is 6.04 Å². The molecule has 0 rings (SSSR count). The third-order valence-corrected chi connectivity index (χ3v) is 1.85. The van der Waals surface area contributed by atoms with Gasteiger partial charge in [0.05, 0.1) is 0 Å². The quantitative estimate of drug-likeness (QED) is 0.617. The first-order valence-electron chi connectivity index (χ1n) is 5.35. The first-order valence-corrected chi connectivity index (χ1v) is 5.35. The minimum atomic E-state index is 0.380. The Morgan fingerprint density at radius 3 is 2.29 bits per heavy atom. The lowest BCUT2D eigenvalue weighted by Crippen LogP contribution is -2.25. The fraction of sp³-hybridized carbons (Fsp3) is 0.750. The molecule has 0 unspecified atom stereocenters. The number of hydrogen-bond acceptors (Lipinski definition) is 2. The molecule has 0 radical (unpaired) electrons. The number of rotatable bonds is 5. The number of nitrogens with zero attached hydrogens (tertiary/aromatic N) is 2. The van der Waals surface area contributed by atoms with Crippen LogP contribution in [-0.2, 0) is 0 Å². The molecule has 0 bridgehead atoms. The lowest BCUT2D eigenvalue weighted by molar-refractivity contribution is 0.403. The van der Waals surface area contributed by atoms with Crippen molar-refractivity contribution in [3.63, 3.8) is 0 Å². The van der Waals surface area contributed by atoms with Crippen LogP contribution >= 0.6 is 0 Å². The van der Waals surface area contributed by atoms with Crippen LogP contribution in [0.25, 0.3) is 0 Å². The summed E-state index contributed by atoms with van der Waals surface area (Å²) in [6, 6.07) is 0.380. The van der Waals surface area contributed by atoms with Gasteiger partial charge in [-0.2, -0.15) is 0 Å². The first-order chi connectivity index (χ1) is 6.45. The highest BCUT2D eigenvalue weighted by Crippen LogP contribution is 1.97. The van der Waals surface area contributed by atoms with Crippen molar-refractivity contribution in [2.75, 3.05) is 20.1 Å². The Morgan fingerprint density at radius 1 is 1.36 bits per heavy atom. The van der Waals surface area contributed by atoms with Gasteiger partial charge in [-0.3, -0.25) is 4.99 Å². The van der Waals surface area contributed by atoms with E-state index in [2.05, 4.69) is 57.6 Å². The average molecular weight is 196 g/mol. The van der Waals surface area contributed by atoms with E-state index in [-0.39, 0.29) is 0 Å². The summed E-state index contributed by atoms with van der Waals surface area (Å²) in [7, 11) is 2.12. The Morgan fingerprint density at radius 2 is 1.93 bits per heavy atom. The van der Waals surface area contributed by atoms with Crippen LogP contribution in [0.5, 0.6) is 0 Å². The molecule has 0 aliphatic carbocycles. The molecule has 82 valence electrons. The van der Waals surface area contributed by atoms with Gasteiger partial charge in [0.2, 0.25) is 0 Å². The maximum absolute atomic E-state index is 4.60. The predicted molar refractivity (Wildman–Crippen MR) is 65.2 cm³/mol. The van der Waals surface area contributed by atoms with E-state index in [1.165, 1.54) is 11.3 Å². The number of allylic oxidation sites excluding steroid dienone is 1. The minimum absolute atomic E-state index is 0.380. The lowest BCUT2D eigenvalue weighted by Gasteiger charge is -2.14. The van der Waals surface area contributed by atoms with Crippen LogP contribution in [0.3, 0.4) is 0 Å². The molecular formula is C12H24N2. The molecule has 0 N–H and O–H groups in total. The van der Waals surface area contributed by atoms with E-state index in [1.807, 2.05) is 0 Å². The molecule has 0 heterocycles. The first kappa shape index (κ1) is 13.4. The van der Waals surface area contributed by atoms with Crippen molar-refractivity contribution in [1.29, 1.82) is 0 Å². The Kier molecular flexibility index (Phi) is 6.46. The normalized spacial score (nSPS) is 12.4. The fourth-order valence-corrected chi connectivity index (χ4v) is 1.18. The molecule has 2 heteroatoms. The zero-order valence-electron chi connectivity index (χ0n) is 10.5. The monoisotopic (exact) mass is 196 g/mol. The molecule has 0 aliphatic rings. The van der Waals surface area contributed by atoms with Crippen LogP contribution < -0.4 is 0 Å². The fourth-order valence-electron chi connectivity index (χ4n) is 1.18. The van der Waals surface area contributed by atoms with Gasteiger partial charge in [-0.05, 0) is 47.4 Å². The highest BCUT2D eigenvalue weighted by Gasteiger charge is 2.01. The molecule has 0 amide bonds. The summed E-state index contributed by atoms with van der Waals surface area (Å²) >= 11 is 0. The topological polar surface area (TPSA) is 15.6 Å². The van der Waals surface area contributed by atoms with Gasteiger partial charge in [0.25, 0.3) is 0 Å². The molecule has 0 aliphatic heterocycles. The van der Waals surface area contributed by atoms with Crippen molar-refractivity contribution in [3.8, 4) is 0 Å². The SMILES string of the molecule is CCN(C)C/C(C=C(C)C)=N/C(C)C. The Bertz CT molecular complexity index is 210. The van der Waals surface area contributed by atoms with Crippen molar-refractivity contribution >= 4 is 5.71 Å². The zero-order chi connectivity index (χ0) is 11.1. The molecule has 0 spiro atoms. The van der Waals surface area contributed by atoms with Gasteiger partial charge < -0.3 is 4.90 Å².